The normalized spacial score (nSPS) is 11.4. The number of hydrogen-bond donors (Lipinski definition) is 1. The van der Waals surface area contributed by atoms with E-state index in [2.05, 4.69) is 4.74 Å². The number of ether oxygens (including phenoxy) is 3. The Morgan fingerprint density at radius 2 is 1.89 bits per heavy atom. The number of halogens is 3. The second-order valence-corrected chi connectivity index (χ2v) is 3.29. The predicted octanol–water partition coefficient (Wildman–Crippen LogP) is 2.10. The summed E-state index contributed by atoms with van der Waals surface area (Å²) in [5.41, 5.74) is 0.616. The van der Waals surface area contributed by atoms with Gasteiger partial charge in [-0.3, -0.25) is 4.74 Å². The molecular weight excluding hydrogens is 253 g/mol. The molecule has 0 aliphatic carbocycles. The van der Waals surface area contributed by atoms with Gasteiger partial charge in [-0.25, -0.2) is 0 Å². The van der Waals surface area contributed by atoms with E-state index in [9.17, 15) is 13.2 Å². The van der Waals surface area contributed by atoms with Crippen LogP contribution in [0.4, 0.5) is 13.2 Å². The van der Waals surface area contributed by atoms with E-state index < -0.39 is 13.0 Å². The third kappa shape index (κ3) is 4.80. The highest BCUT2D eigenvalue weighted by Crippen LogP contribution is 2.28. The standard InChI is InChI=1S/C11H13F3O4/c1-16-10-6-8(7-15)2-3-9(10)17-4-5-18-11(12,13)14/h2-3,6,15H,4-5,7H2,1H3. The zero-order chi connectivity index (χ0) is 13.6. The zero-order valence-corrected chi connectivity index (χ0v) is 9.66. The molecule has 0 saturated heterocycles. The van der Waals surface area contributed by atoms with Gasteiger partial charge in [-0.2, -0.15) is 0 Å². The Morgan fingerprint density at radius 1 is 1.17 bits per heavy atom. The monoisotopic (exact) mass is 266 g/mol. The van der Waals surface area contributed by atoms with Crippen molar-refractivity contribution in [2.24, 2.45) is 0 Å². The quantitative estimate of drug-likeness (QED) is 0.801. The fourth-order valence-corrected chi connectivity index (χ4v) is 1.24. The second kappa shape index (κ2) is 6.46. The van der Waals surface area contributed by atoms with Crippen LogP contribution in [0.3, 0.4) is 0 Å². The van der Waals surface area contributed by atoms with Crippen molar-refractivity contribution in [3.8, 4) is 11.5 Å². The molecule has 0 radical (unpaired) electrons. The Kier molecular flexibility index (Phi) is 5.24. The first-order chi connectivity index (χ1) is 8.46. The third-order valence-corrected chi connectivity index (χ3v) is 2.02. The minimum atomic E-state index is -4.66. The van der Waals surface area contributed by atoms with E-state index in [1.165, 1.54) is 13.2 Å². The fraction of sp³-hybridized carbons (Fsp3) is 0.455. The van der Waals surface area contributed by atoms with Crippen LogP contribution in [0, 0.1) is 0 Å². The van der Waals surface area contributed by atoms with Gasteiger partial charge in [0.05, 0.1) is 20.3 Å². The zero-order valence-electron chi connectivity index (χ0n) is 9.66. The average Bonchev–Trinajstić information content (AvgIpc) is 2.33. The Labute approximate surface area is 102 Å². The molecule has 0 aliphatic heterocycles. The molecule has 0 unspecified atom stereocenters. The van der Waals surface area contributed by atoms with Crippen LogP contribution >= 0.6 is 0 Å². The molecule has 102 valence electrons. The summed E-state index contributed by atoms with van der Waals surface area (Å²) in [6.45, 7) is -1.02. The van der Waals surface area contributed by atoms with Crippen molar-refractivity contribution >= 4 is 0 Å². The van der Waals surface area contributed by atoms with Gasteiger partial charge < -0.3 is 14.6 Å². The summed E-state index contributed by atoms with van der Waals surface area (Å²) in [5.74, 6) is 0.633. The summed E-state index contributed by atoms with van der Waals surface area (Å²) in [6.07, 6.45) is -4.66. The highest BCUT2D eigenvalue weighted by molar-refractivity contribution is 5.42. The molecule has 0 aromatic heterocycles. The van der Waals surface area contributed by atoms with E-state index in [0.29, 0.717) is 17.1 Å². The van der Waals surface area contributed by atoms with E-state index in [0.717, 1.165) is 0 Å². The topological polar surface area (TPSA) is 47.9 Å². The molecule has 7 heteroatoms. The number of aliphatic hydroxyl groups is 1. The smallest absolute Gasteiger partial charge is 0.493 e. The Hall–Kier alpha value is -1.47. The van der Waals surface area contributed by atoms with E-state index in [4.69, 9.17) is 14.6 Å². The van der Waals surface area contributed by atoms with Gasteiger partial charge in [-0.15, -0.1) is 13.2 Å². The van der Waals surface area contributed by atoms with E-state index in [1.54, 1.807) is 12.1 Å². The Bertz CT molecular complexity index is 379. The summed E-state index contributed by atoms with van der Waals surface area (Å²) in [5, 5.41) is 8.91. The third-order valence-electron chi connectivity index (χ3n) is 2.02. The van der Waals surface area contributed by atoms with Crippen LogP contribution in [-0.2, 0) is 11.3 Å². The first-order valence-electron chi connectivity index (χ1n) is 5.07. The highest BCUT2D eigenvalue weighted by Gasteiger charge is 2.28. The van der Waals surface area contributed by atoms with Crippen molar-refractivity contribution in [2.75, 3.05) is 20.3 Å². The van der Waals surface area contributed by atoms with Crippen molar-refractivity contribution in [3.63, 3.8) is 0 Å². The first-order valence-corrected chi connectivity index (χ1v) is 5.07. The lowest BCUT2D eigenvalue weighted by atomic mass is 10.2. The Balaban J connectivity index is 2.51. The average molecular weight is 266 g/mol. The number of hydrogen-bond acceptors (Lipinski definition) is 4. The van der Waals surface area contributed by atoms with Gasteiger partial charge in [0.15, 0.2) is 11.5 Å². The van der Waals surface area contributed by atoms with Crippen molar-refractivity contribution in [2.45, 2.75) is 13.0 Å². The van der Waals surface area contributed by atoms with Crippen LogP contribution in [0.1, 0.15) is 5.56 Å². The molecule has 0 fully saturated rings. The molecule has 1 aromatic carbocycles. The van der Waals surface area contributed by atoms with Gasteiger partial charge in [0.2, 0.25) is 0 Å². The van der Waals surface area contributed by atoms with Gasteiger partial charge >= 0.3 is 6.36 Å². The molecule has 0 aliphatic rings. The van der Waals surface area contributed by atoms with Gasteiger partial charge in [0, 0.05) is 0 Å². The maximum Gasteiger partial charge on any atom is 0.522 e. The lowest BCUT2D eigenvalue weighted by Crippen LogP contribution is -2.18. The minimum absolute atomic E-state index is 0.159. The van der Waals surface area contributed by atoms with Crippen molar-refractivity contribution in [1.82, 2.24) is 0 Å². The van der Waals surface area contributed by atoms with Crippen LogP contribution in [0.25, 0.3) is 0 Å². The van der Waals surface area contributed by atoms with Gasteiger partial charge in [0.25, 0.3) is 0 Å². The van der Waals surface area contributed by atoms with Crippen molar-refractivity contribution in [1.29, 1.82) is 0 Å². The number of alkyl halides is 3. The first kappa shape index (κ1) is 14.6. The van der Waals surface area contributed by atoms with E-state index in [1.807, 2.05) is 0 Å². The molecule has 1 rings (SSSR count). The molecule has 4 nitrogen and oxygen atoms in total. The SMILES string of the molecule is COc1cc(CO)ccc1OCCOC(F)(F)F. The second-order valence-electron chi connectivity index (χ2n) is 3.29. The molecular formula is C11H13F3O4. The highest BCUT2D eigenvalue weighted by atomic mass is 19.4. The maximum atomic E-state index is 11.7. The lowest BCUT2D eigenvalue weighted by Gasteiger charge is -2.12. The number of rotatable bonds is 6. The van der Waals surface area contributed by atoms with Crippen molar-refractivity contribution in [3.05, 3.63) is 23.8 Å². The summed E-state index contributed by atoms with van der Waals surface area (Å²) in [4.78, 5) is 0. The maximum absolute atomic E-state index is 11.7. The molecule has 0 saturated carbocycles. The summed E-state index contributed by atoms with van der Waals surface area (Å²) in [6, 6.07) is 4.64. The van der Waals surface area contributed by atoms with Crippen LogP contribution in [0.5, 0.6) is 11.5 Å². The summed E-state index contributed by atoms with van der Waals surface area (Å²) >= 11 is 0. The molecule has 1 aromatic rings. The van der Waals surface area contributed by atoms with E-state index >= 15 is 0 Å². The summed E-state index contributed by atoms with van der Waals surface area (Å²) < 4.78 is 48.7. The predicted molar refractivity (Wildman–Crippen MR) is 56.4 cm³/mol. The molecule has 0 heterocycles. The van der Waals surface area contributed by atoms with Crippen LogP contribution < -0.4 is 9.47 Å². The molecule has 0 bridgehead atoms. The van der Waals surface area contributed by atoms with Crippen LogP contribution in [0.2, 0.25) is 0 Å². The lowest BCUT2D eigenvalue weighted by molar-refractivity contribution is -0.325. The molecule has 0 amide bonds. The molecule has 1 N–H and O–H groups in total. The minimum Gasteiger partial charge on any atom is -0.493 e. The number of benzene rings is 1. The fourth-order valence-electron chi connectivity index (χ4n) is 1.24. The van der Waals surface area contributed by atoms with E-state index in [-0.39, 0.29) is 13.2 Å². The largest absolute Gasteiger partial charge is 0.522 e. The van der Waals surface area contributed by atoms with Gasteiger partial charge in [-0.1, -0.05) is 6.07 Å². The van der Waals surface area contributed by atoms with Crippen LogP contribution in [0.15, 0.2) is 18.2 Å². The molecule has 18 heavy (non-hydrogen) atoms. The number of methoxy groups -OCH3 is 1. The van der Waals surface area contributed by atoms with Crippen molar-refractivity contribution < 1.29 is 32.5 Å². The Morgan fingerprint density at radius 3 is 2.44 bits per heavy atom. The summed E-state index contributed by atoms with van der Waals surface area (Å²) in [7, 11) is 1.40. The van der Waals surface area contributed by atoms with Crippen LogP contribution in [-0.4, -0.2) is 31.8 Å². The van der Waals surface area contributed by atoms with Gasteiger partial charge in [-0.05, 0) is 17.7 Å². The number of aliphatic hydroxyl groups excluding tert-OH is 1. The van der Waals surface area contributed by atoms with Gasteiger partial charge in [0.1, 0.15) is 6.61 Å². The molecule has 0 spiro atoms. The molecule has 0 atom stereocenters.